The number of benzene rings is 2. The minimum Gasteiger partial charge on any atom is -0.384 e. The zero-order chi connectivity index (χ0) is 16.6. The van der Waals surface area contributed by atoms with Crippen molar-refractivity contribution >= 4 is 0 Å². The van der Waals surface area contributed by atoms with E-state index in [-0.39, 0.29) is 0 Å². The first-order valence-corrected chi connectivity index (χ1v) is 9.33. The van der Waals surface area contributed by atoms with Crippen molar-refractivity contribution < 1.29 is 10.0 Å². The van der Waals surface area contributed by atoms with Crippen LogP contribution in [0.15, 0.2) is 54.6 Å². The van der Waals surface area contributed by atoms with Gasteiger partial charge >= 0.3 is 0 Å². The van der Waals surface area contributed by atoms with Crippen LogP contribution in [0, 0.1) is 18.8 Å². The molecule has 2 nitrogen and oxygen atoms in total. The largest absolute Gasteiger partial charge is 0.384 e. The van der Waals surface area contributed by atoms with Gasteiger partial charge in [0, 0.05) is 25.2 Å². The molecule has 24 heavy (non-hydrogen) atoms. The molecule has 3 fully saturated rings. The highest BCUT2D eigenvalue weighted by Crippen LogP contribution is 2.42. The molecule has 2 atom stereocenters. The van der Waals surface area contributed by atoms with E-state index in [1.807, 2.05) is 0 Å². The fraction of sp³-hybridized carbons (Fsp3) is 0.455. The van der Waals surface area contributed by atoms with Crippen LogP contribution in [0.25, 0.3) is 0 Å². The molecule has 2 aromatic rings. The van der Waals surface area contributed by atoms with E-state index in [9.17, 15) is 5.11 Å². The summed E-state index contributed by atoms with van der Waals surface area (Å²) in [6, 6.07) is 18.9. The first-order chi connectivity index (χ1) is 11.7. The van der Waals surface area contributed by atoms with Gasteiger partial charge in [0.1, 0.15) is 5.60 Å². The summed E-state index contributed by atoms with van der Waals surface area (Å²) >= 11 is 0. The average molecular weight is 322 g/mol. The number of hydrogen-bond donors (Lipinski definition) is 2. The zero-order valence-electron chi connectivity index (χ0n) is 14.5. The summed E-state index contributed by atoms with van der Waals surface area (Å²) in [6.45, 7) is 5.83. The molecule has 0 amide bonds. The predicted octanol–water partition coefficient (Wildman–Crippen LogP) is 2.35. The van der Waals surface area contributed by atoms with E-state index in [1.165, 1.54) is 37.1 Å². The fourth-order valence-electron chi connectivity index (χ4n) is 5.08. The molecule has 0 spiro atoms. The Morgan fingerprint density at radius 3 is 2.29 bits per heavy atom. The molecule has 3 saturated heterocycles. The third kappa shape index (κ3) is 2.78. The van der Waals surface area contributed by atoms with Gasteiger partial charge in [0.15, 0.2) is 0 Å². The second-order valence-corrected chi connectivity index (χ2v) is 7.80. The summed E-state index contributed by atoms with van der Waals surface area (Å²) in [5, 5.41) is 12.1. The summed E-state index contributed by atoms with van der Waals surface area (Å²) in [4.78, 5) is 1.68. The van der Waals surface area contributed by atoms with Gasteiger partial charge < -0.3 is 10.0 Å². The highest BCUT2D eigenvalue weighted by atomic mass is 16.3. The van der Waals surface area contributed by atoms with Crippen molar-refractivity contribution in [1.82, 2.24) is 0 Å². The van der Waals surface area contributed by atoms with Crippen LogP contribution in [0.4, 0.5) is 0 Å². The van der Waals surface area contributed by atoms with E-state index >= 15 is 0 Å². The van der Waals surface area contributed by atoms with Gasteiger partial charge in [-0.15, -0.1) is 0 Å². The molecule has 2 N–H and O–H groups in total. The van der Waals surface area contributed by atoms with Gasteiger partial charge in [-0.1, -0.05) is 54.6 Å². The highest BCUT2D eigenvalue weighted by Gasteiger charge is 2.50. The molecule has 126 valence electrons. The van der Waals surface area contributed by atoms with Gasteiger partial charge in [0.25, 0.3) is 0 Å². The summed E-state index contributed by atoms with van der Waals surface area (Å²) in [5.74, 6) is 1.02. The first kappa shape index (κ1) is 15.9. The normalized spacial score (nSPS) is 28.5. The van der Waals surface area contributed by atoms with Crippen molar-refractivity contribution in [2.45, 2.75) is 31.8 Å². The number of quaternary nitrogens is 1. The molecule has 2 aromatic carbocycles. The molecule has 0 unspecified atom stereocenters. The molecule has 0 radical (unpaired) electrons. The quantitative estimate of drug-likeness (QED) is 0.887. The van der Waals surface area contributed by atoms with Crippen molar-refractivity contribution in [3.63, 3.8) is 0 Å². The summed E-state index contributed by atoms with van der Waals surface area (Å²) in [7, 11) is 0. The van der Waals surface area contributed by atoms with Crippen LogP contribution in [0.2, 0.25) is 0 Å². The summed E-state index contributed by atoms with van der Waals surface area (Å²) < 4.78 is 0. The fourth-order valence-corrected chi connectivity index (χ4v) is 5.08. The van der Waals surface area contributed by atoms with E-state index < -0.39 is 5.60 Å². The van der Waals surface area contributed by atoms with Gasteiger partial charge in [0.05, 0.1) is 19.6 Å². The topological polar surface area (TPSA) is 24.7 Å². The maximum Gasteiger partial charge on any atom is 0.102 e. The van der Waals surface area contributed by atoms with Crippen LogP contribution in [-0.4, -0.2) is 24.7 Å². The van der Waals surface area contributed by atoms with Crippen LogP contribution in [0.3, 0.4) is 0 Å². The van der Waals surface area contributed by atoms with Crippen LogP contribution in [-0.2, 0) is 12.0 Å². The van der Waals surface area contributed by atoms with Crippen LogP contribution >= 0.6 is 0 Å². The molecular weight excluding hydrogens is 294 g/mol. The van der Waals surface area contributed by atoms with Gasteiger partial charge in [-0.25, -0.2) is 0 Å². The Morgan fingerprint density at radius 2 is 1.67 bits per heavy atom. The molecule has 3 heterocycles. The van der Waals surface area contributed by atoms with Crippen LogP contribution < -0.4 is 4.90 Å². The van der Waals surface area contributed by atoms with Gasteiger partial charge in [-0.2, -0.15) is 0 Å². The Morgan fingerprint density at radius 1 is 1.00 bits per heavy atom. The smallest absolute Gasteiger partial charge is 0.102 e. The Bertz CT molecular complexity index is 690. The van der Waals surface area contributed by atoms with Crippen molar-refractivity contribution in [2.75, 3.05) is 19.6 Å². The predicted molar refractivity (Wildman–Crippen MR) is 97.0 cm³/mol. The molecule has 5 rings (SSSR count). The van der Waals surface area contributed by atoms with Crippen molar-refractivity contribution in [3.8, 4) is 0 Å². The lowest BCUT2D eigenvalue weighted by Gasteiger charge is -2.49. The number of aryl methyl sites for hydroxylation is 1. The summed E-state index contributed by atoms with van der Waals surface area (Å²) in [6.07, 6.45) is 3.25. The van der Waals surface area contributed by atoms with E-state index in [0.29, 0.717) is 18.3 Å². The molecule has 3 aliphatic rings. The zero-order valence-corrected chi connectivity index (χ0v) is 14.5. The maximum absolute atomic E-state index is 12.1. The number of fused-ring (bicyclic) bond motifs is 3. The molecule has 3 aliphatic heterocycles. The molecule has 2 heteroatoms. The SMILES string of the molecule is Cc1ccccc1[C@](O)(Cc1ccccc1)[C@H]1C[NH+]2CCC1CC2. The number of nitrogens with one attached hydrogen (secondary N) is 1. The third-order valence-corrected chi connectivity index (χ3v) is 6.36. The average Bonchev–Trinajstić information content (AvgIpc) is 2.64. The lowest BCUT2D eigenvalue weighted by atomic mass is 9.65. The minimum atomic E-state index is -0.760. The standard InChI is InChI=1S/C22H27NO/c1-17-7-5-6-10-20(17)22(24,15-18-8-3-2-4-9-18)21-16-23-13-11-19(21)12-14-23/h2-10,19,21,24H,11-16H2,1H3/p+1/t21-,22+/m0/s1. The molecule has 0 aromatic heterocycles. The van der Waals surface area contributed by atoms with E-state index in [1.54, 1.807) is 4.90 Å². The van der Waals surface area contributed by atoms with E-state index in [2.05, 4.69) is 61.5 Å². The first-order valence-electron chi connectivity index (χ1n) is 9.33. The van der Waals surface area contributed by atoms with Crippen molar-refractivity contribution in [2.24, 2.45) is 11.8 Å². The van der Waals surface area contributed by atoms with Gasteiger partial charge in [0.2, 0.25) is 0 Å². The number of hydrogen-bond acceptors (Lipinski definition) is 1. The molecule has 0 aliphatic carbocycles. The summed E-state index contributed by atoms with van der Waals surface area (Å²) in [5.41, 5.74) is 2.81. The number of piperidine rings is 3. The third-order valence-electron chi connectivity index (χ3n) is 6.36. The van der Waals surface area contributed by atoms with Crippen LogP contribution in [0.5, 0.6) is 0 Å². The Labute approximate surface area is 145 Å². The van der Waals surface area contributed by atoms with E-state index in [4.69, 9.17) is 0 Å². The van der Waals surface area contributed by atoms with Crippen LogP contribution in [0.1, 0.15) is 29.5 Å². The lowest BCUT2D eigenvalue weighted by Crippen LogP contribution is -3.16. The molecular formula is C22H28NO+. The Hall–Kier alpha value is -1.64. The van der Waals surface area contributed by atoms with Crippen molar-refractivity contribution in [3.05, 3.63) is 71.3 Å². The molecule has 0 saturated carbocycles. The minimum absolute atomic E-state index is 0.358. The Kier molecular flexibility index (Phi) is 4.19. The second kappa shape index (κ2) is 6.34. The van der Waals surface area contributed by atoms with Crippen molar-refractivity contribution in [1.29, 1.82) is 0 Å². The van der Waals surface area contributed by atoms with E-state index in [0.717, 1.165) is 12.1 Å². The van der Waals surface area contributed by atoms with Gasteiger partial charge in [-0.3, -0.25) is 0 Å². The van der Waals surface area contributed by atoms with Gasteiger partial charge in [-0.05, 0) is 29.5 Å². The maximum atomic E-state index is 12.1. The monoisotopic (exact) mass is 322 g/mol. The number of aliphatic hydroxyl groups is 1. The lowest BCUT2D eigenvalue weighted by molar-refractivity contribution is -0.922. The second-order valence-electron chi connectivity index (χ2n) is 7.80. The number of rotatable bonds is 4. The molecule has 2 bridgehead atoms. The Balaban J connectivity index is 1.76. The highest BCUT2D eigenvalue weighted by molar-refractivity contribution is 5.34.